The minimum Gasteiger partial charge on any atom is -0.493 e. The van der Waals surface area contributed by atoms with Crippen LogP contribution in [0.3, 0.4) is 0 Å². The second kappa shape index (κ2) is 9.43. The van der Waals surface area contributed by atoms with Crippen LogP contribution in [0.15, 0.2) is 60.7 Å². The predicted octanol–water partition coefficient (Wildman–Crippen LogP) is 4.17. The van der Waals surface area contributed by atoms with E-state index in [1.807, 2.05) is 55.3 Å². The lowest BCUT2D eigenvalue weighted by Crippen LogP contribution is -2.36. The van der Waals surface area contributed by atoms with E-state index in [0.29, 0.717) is 18.0 Å². The number of nitrogens with one attached hydrogen (secondary N) is 1. The Balaban J connectivity index is 1.65. The van der Waals surface area contributed by atoms with Gasteiger partial charge in [-0.25, -0.2) is 0 Å². The first kappa shape index (κ1) is 20.7. The topological polar surface area (TPSA) is 50.8 Å². The van der Waals surface area contributed by atoms with Gasteiger partial charge in [0.05, 0.1) is 26.8 Å². The molecule has 152 valence electrons. The fourth-order valence-corrected chi connectivity index (χ4v) is 3.66. The van der Waals surface area contributed by atoms with Gasteiger partial charge in [-0.05, 0) is 36.4 Å². The molecule has 0 saturated heterocycles. The molecule has 0 heterocycles. The summed E-state index contributed by atoms with van der Waals surface area (Å²) in [6.07, 6.45) is 0. The lowest BCUT2D eigenvalue weighted by atomic mass is 10.00. The number of rotatable bonds is 8. The van der Waals surface area contributed by atoms with E-state index < -0.39 is 0 Å². The van der Waals surface area contributed by atoms with Crippen molar-refractivity contribution >= 4 is 16.7 Å². The number of amides is 1. The summed E-state index contributed by atoms with van der Waals surface area (Å²) in [4.78, 5) is 14.6. The first-order valence-corrected chi connectivity index (χ1v) is 9.69. The van der Waals surface area contributed by atoms with Crippen LogP contribution in [0.1, 0.15) is 24.1 Å². The number of hydrogen-bond donors (Lipinski definition) is 1. The highest BCUT2D eigenvalue weighted by Crippen LogP contribution is 2.31. The van der Waals surface area contributed by atoms with Gasteiger partial charge in [-0.2, -0.15) is 0 Å². The fraction of sp³-hybridized carbons (Fsp3) is 0.292. The largest absolute Gasteiger partial charge is 0.493 e. The molecular weight excluding hydrogens is 364 g/mol. The molecule has 1 amide bonds. The van der Waals surface area contributed by atoms with Crippen LogP contribution in [0.25, 0.3) is 10.8 Å². The molecule has 0 aliphatic heterocycles. The van der Waals surface area contributed by atoms with Crippen molar-refractivity contribution in [2.24, 2.45) is 0 Å². The van der Waals surface area contributed by atoms with Crippen molar-refractivity contribution in [2.75, 3.05) is 27.8 Å². The Morgan fingerprint density at radius 1 is 1.00 bits per heavy atom. The van der Waals surface area contributed by atoms with Crippen LogP contribution in [0, 0.1) is 0 Å². The summed E-state index contributed by atoms with van der Waals surface area (Å²) in [6, 6.07) is 20.1. The zero-order valence-electron chi connectivity index (χ0n) is 17.4. The van der Waals surface area contributed by atoms with Gasteiger partial charge in [-0.15, -0.1) is 0 Å². The van der Waals surface area contributed by atoms with Crippen LogP contribution >= 0.6 is 0 Å². The van der Waals surface area contributed by atoms with Gasteiger partial charge in [-0.3, -0.25) is 9.69 Å². The summed E-state index contributed by atoms with van der Waals surface area (Å²) < 4.78 is 10.8. The van der Waals surface area contributed by atoms with Crippen molar-refractivity contribution in [1.29, 1.82) is 0 Å². The summed E-state index contributed by atoms with van der Waals surface area (Å²) in [5.74, 6) is 1.37. The number of hydrogen-bond acceptors (Lipinski definition) is 4. The van der Waals surface area contributed by atoms with Gasteiger partial charge in [-0.1, -0.05) is 54.6 Å². The Hall–Kier alpha value is -3.05. The standard InChI is InChI=1S/C24H28N2O3/c1-17(20-13-7-10-18-9-5-6-12-21(18)20)25-23(27)16-26(2)15-19-11-8-14-22(28-3)24(19)29-4/h5-14,17H,15-16H2,1-4H3,(H,25,27)/t17-/m0/s1. The van der Waals surface area contributed by atoms with E-state index >= 15 is 0 Å². The molecule has 3 aromatic rings. The van der Waals surface area contributed by atoms with Crippen LogP contribution in [-0.2, 0) is 11.3 Å². The molecule has 0 saturated carbocycles. The fourth-order valence-electron chi connectivity index (χ4n) is 3.66. The number of fused-ring (bicyclic) bond motifs is 1. The van der Waals surface area contributed by atoms with Crippen molar-refractivity contribution < 1.29 is 14.3 Å². The molecule has 0 aromatic heterocycles. The number of carbonyl (C=O) groups excluding carboxylic acids is 1. The number of nitrogens with zero attached hydrogens (tertiary/aromatic N) is 1. The minimum atomic E-state index is -0.0756. The molecule has 0 unspecified atom stereocenters. The smallest absolute Gasteiger partial charge is 0.234 e. The average Bonchev–Trinajstić information content (AvgIpc) is 2.72. The normalized spacial score (nSPS) is 12.0. The number of likely N-dealkylation sites (N-methyl/N-ethyl adjacent to an activating group) is 1. The van der Waals surface area contributed by atoms with Crippen LogP contribution < -0.4 is 14.8 Å². The molecule has 0 spiro atoms. The van der Waals surface area contributed by atoms with Gasteiger partial charge in [0.25, 0.3) is 0 Å². The molecule has 5 nitrogen and oxygen atoms in total. The van der Waals surface area contributed by atoms with E-state index in [-0.39, 0.29) is 18.5 Å². The van der Waals surface area contributed by atoms with Crippen molar-refractivity contribution in [3.8, 4) is 11.5 Å². The summed E-state index contributed by atoms with van der Waals surface area (Å²) in [6.45, 7) is 2.89. The predicted molar refractivity (Wildman–Crippen MR) is 116 cm³/mol. The van der Waals surface area contributed by atoms with Gasteiger partial charge in [0, 0.05) is 12.1 Å². The van der Waals surface area contributed by atoms with Crippen LogP contribution in [0.2, 0.25) is 0 Å². The Kier molecular flexibility index (Phi) is 6.73. The van der Waals surface area contributed by atoms with E-state index in [0.717, 1.165) is 16.5 Å². The van der Waals surface area contributed by atoms with Gasteiger partial charge in [0.15, 0.2) is 11.5 Å². The molecule has 0 aliphatic rings. The van der Waals surface area contributed by atoms with Crippen molar-refractivity contribution in [3.63, 3.8) is 0 Å². The van der Waals surface area contributed by atoms with E-state index in [9.17, 15) is 4.79 Å². The Morgan fingerprint density at radius 2 is 1.72 bits per heavy atom. The summed E-state index contributed by atoms with van der Waals surface area (Å²) >= 11 is 0. The molecule has 0 radical (unpaired) electrons. The molecule has 0 aliphatic carbocycles. The highest BCUT2D eigenvalue weighted by molar-refractivity contribution is 5.87. The minimum absolute atomic E-state index is 0.0187. The highest BCUT2D eigenvalue weighted by Gasteiger charge is 2.16. The Bertz CT molecular complexity index is 982. The molecule has 1 N–H and O–H groups in total. The second-order valence-electron chi connectivity index (χ2n) is 7.18. The van der Waals surface area contributed by atoms with E-state index in [1.165, 1.54) is 5.39 Å². The molecule has 1 atom stereocenters. The maximum Gasteiger partial charge on any atom is 0.234 e. The molecule has 0 fully saturated rings. The lowest BCUT2D eigenvalue weighted by Gasteiger charge is -2.21. The third-order valence-corrected chi connectivity index (χ3v) is 5.01. The van der Waals surface area contributed by atoms with E-state index in [1.54, 1.807) is 14.2 Å². The number of ether oxygens (including phenoxy) is 2. The maximum atomic E-state index is 12.6. The Morgan fingerprint density at radius 3 is 2.48 bits per heavy atom. The van der Waals surface area contributed by atoms with Crippen LogP contribution in [0.5, 0.6) is 11.5 Å². The lowest BCUT2D eigenvalue weighted by molar-refractivity contribution is -0.122. The molecule has 0 bridgehead atoms. The summed E-state index contributed by atoms with van der Waals surface area (Å²) in [7, 11) is 5.16. The number of para-hydroxylation sites is 1. The van der Waals surface area contributed by atoms with Crippen molar-refractivity contribution in [3.05, 3.63) is 71.8 Å². The van der Waals surface area contributed by atoms with E-state index in [2.05, 4.69) is 29.6 Å². The maximum absolute atomic E-state index is 12.6. The monoisotopic (exact) mass is 392 g/mol. The highest BCUT2D eigenvalue weighted by atomic mass is 16.5. The summed E-state index contributed by atoms with van der Waals surface area (Å²) in [5, 5.41) is 5.46. The van der Waals surface area contributed by atoms with E-state index in [4.69, 9.17) is 9.47 Å². The first-order valence-electron chi connectivity index (χ1n) is 9.69. The second-order valence-corrected chi connectivity index (χ2v) is 7.18. The first-order chi connectivity index (χ1) is 14.0. The molecule has 29 heavy (non-hydrogen) atoms. The number of benzene rings is 3. The third kappa shape index (κ3) is 4.87. The van der Waals surface area contributed by atoms with Crippen LogP contribution in [-0.4, -0.2) is 38.6 Å². The Labute approximate surface area is 172 Å². The third-order valence-electron chi connectivity index (χ3n) is 5.01. The number of carbonyl (C=O) groups is 1. The SMILES string of the molecule is COc1cccc(CN(C)CC(=O)N[C@@H](C)c2cccc3ccccc23)c1OC. The molecular formula is C24H28N2O3. The van der Waals surface area contributed by atoms with Gasteiger partial charge < -0.3 is 14.8 Å². The molecule has 5 heteroatoms. The van der Waals surface area contributed by atoms with Crippen molar-refractivity contribution in [2.45, 2.75) is 19.5 Å². The summed E-state index contributed by atoms with van der Waals surface area (Å²) in [5.41, 5.74) is 2.10. The average molecular weight is 392 g/mol. The quantitative estimate of drug-likeness (QED) is 0.625. The van der Waals surface area contributed by atoms with Gasteiger partial charge in [0.1, 0.15) is 0 Å². The zero-order chi connectivity index (χ0) is 20.8. The number of methoxy groups -OCH3 is 2. The van der Waals surface area contributed by atoms with Crippen molar-refractivity contribution in [1.82, 2.24) is 10.2 Å². The van der Waals surface area contributed by atoms with Gasteiger partial charge >= 0.3 is 0 Å². The van der Waals surface area contributed by atoms with Gasteiger partial charge in [0.2, 0.25) is 5.91 Å². The van der Waals surface area contributed by atoms with Crippen LogP contribution in [0.4, 0.5) is 0 Å². The molecule has 3 rings (SSSR count). The zero-order valence-corrected chi connectivity index (χ0v) is 17.4. The molecule has 3 aromatic carbocycles.